The number of ether oxygens (including phenoxy) is 1. The lowest BCUT2D eigenvalue weighted by Crippen LogP contribution is -2.44. The minimum atomic E-state index is 0.735. The second kappa shape index (κ2) is 7.38. The van der Waals surface area contributed by atoms with E-state index in [9.17, 15) is 0 Å². The van der Waals surface area contributed by atoms with E-state index in [1.807, 2.05) is 0 Å². The molecular formula is C19H24BrN3O. The van der Waals surface area contributed by atoms with Gasteiger partial charge in [0.2, 0.25) is 0 Å². The normalized spacial score (nSPS) is 22.9. The fourth-order valence-corrected chi connectivity index (χ4v) is 4.21. The lowest BCUT2D eigenvalue weighted by Gasteiger charge is -2.37. The third-order valence-electron chi connectivity index (χ3n) is 5.10. The Balaban J connectivity index is 1.46. The van der Waals surface area contributed by atoms with Crippen LogP contribution in [0.4, 0.5) is 5.82 Å². The zero-order valence-electron chi connectivity index (χ0n) is 14.0. The molecular weight excluding hydrogens is 366 g/mol. The molecule has 2 aliphatic heterocycles. The van der Waals surface area contributed by atoms with E-state index in [4.69, 9.17) is 9.72 Å². The summed E-state index contributed by atoms with van der Waals surface area (Å²) in [6.07, 6.45) is 2.59. The predicted molar refractivity (Wildman–Crippen MR) is 102 cm³/mol. The van der Waals surface area contributed by atoms with Crippen LogP contribution in [-0.4, -0.2) is 55.8 Å². The minimum Gasteiger partial charge on any atom is -0.379 e. The largest absolute Gasteiger partial charge is 0.379 e. The Morgan fingerprint density at radius 1 is 1.12 bits per heavy atom. The number of aromatic nitrogens is 1. The number of rotatable bonds is 3. The Labute approximate surface area is 151 Å². The van der Waals surface area contributed by atoms with Gasteiger partial charge >= 0.3 is 0 Å². The van der Waals surface area contributed by atoms with Gasteiger partial charge in [-0.2, -0.15) is 0 Å². The van der Waals surface area contributed by atoms with E-state index in [1.54, 1.807) is 0 Å². The number of pyridine rings is 1. The molecule has 2 saturated heterocycles. The van der Waals surface area contributed by atoms with E-state index in [1.165, 1.54) is 24.8 Å². The van der Waals surface area contributed by atoms with E-state index in [0.717, 1.165) is 61.1 Å². The van der Waals surface area contributed by atoms with Crippen LogP contribution >= 0.6 is 15.9 Å². The smallest absolute Gasteiger partial charge is 0.129 e. The fraction of sp³-hybridized carbons (Fsp3) is 0.526. The van der Waals surface area contributed by atoms with Gasteiger partial charge in [-0.25, -0.2) is 4.98 Å². The van der Waals surface area contributed by atoms with Crippen LogP contribution in [0.3, 0.4) is 0 Å². The zero-order chi connectivity index (χ0) is 16.4. The van der Waals surface area contributed by atoms with Crippen LogP contribution in [0, 0.1) is 5.92 Å². The summed E-state index contributed by atoms with van der Waals surface area (Å²) < 4.78 is 6.57. The van der Waals surface area contributed by atoms with Crippen LogP contribution in [-0.2, 0) is 4.74 Å². The molecule has 4 rings (SSSR count). The van der Waals surface area contributed by atoms with Crippen LogP contribution < -0.4 is 4.90 Å². The average molecular weight is 390 g/mol. The molecule has 2 aliphatic rings. The van der Waals surface area contributed by atoms with Crippen molar-refractivity contribution >= 4 is 32.7 Å². The molecule has 1 atom stereocenters. The van der Waals surface area contributed by atoms with Gasteiger partial charge in [0.25, 0.3) is 0 Å². The molecule has 1 unspecified atom stereocenters. The first-order valence-electron chi connectivity index (χ1n) is 8.89. The highest BCUT2D eigenvalue weighted by atomic mass is 79.9. The number of fused-ring (bicyclic) bond motifs is 1. The Hall–Kier alpha value is -1.17. The summed E-state index contributed by atoms with van der Waals surface area (Å²) in [5.41, 5.74) is 1.08. The number of halogens is 1. The van der Waals surface area contributed by atoms with Gasteiger partial charge in [0, 0.05) is 42.6 Å². The molecule has 2 aromatic rings. The Morgan fingerprint density at radius 3 is 2.88 bits per heavy atom. The molecule has 1 aromatic heterocycles. The third-order valence-corrected chi connectivity index (χ3v) is 5.59. The molecule has 0 spiro atoms. The molecule has 0 aliphatic carbocycles. The Kier molecular flexibility index (Phi) is 5.01. The molecule has 1 aromatic carbocycles. The molecule has 5 heteroatoms. The lowest BCUT2D eigenvalue weighted by atomic mass is 9.97. The first kappa shape index (κ1) is 16.3. The number of benzene rings is 1. The van der Waals surface area contributed by atoms with Crippen molar-refractivity contribution in [2.45, 2.75) is 12.8 Å². The summed E-state index contributed by atoms with van der Waals surface area (Å²) >= 11 is 3.53. The number of morpholine rings is 1. The fourth-order valence-electron chi connectivity index (χ4n) is 3.83. The van der Waals surface area contributed by atoms with E-state index >= 15 is 0 Å². The molecule has 0 amide bonds. The lowest BCUT2D eigenvalue weighted by molar-refractivity contribution is 0.0296. The molecule has 4 nitrogen and oxygen atoms in total. The minimum absolute atomic E-state index is 0.735. The van der Waals surface area contributed by atoms with Crippen molar-refractivity contribution in [3.8, 4) is 0 Å². The summed E-state index contributed by atoms with van der Waals surface area (Å²) in [4.78, 5) is 9.92. The van der Waals surface area contributed by atoms with Gasteiger partial charge in [0.1, 0.15) is 5.82 Å². The highest BCUT2D eigenvalue weighted by molar-refractivity contribution is 9.10. The van der Waals surface area contributed by atoms with Gasteiger partial charge < -0.3 is 9.64 Å². The molecule has 3 heterocycles. The van der Waals surface area contributed by atoms with Crippen LogP contribution in [0.15, 0.2) is 34.8 Å². The van der Waals surface area contributed by atoms with Gasteiger partial charge in [0.15, 0.2) is 0 Å². The van der Waals surface area contributed by atoms with E-state index < -0.39 is 0 Å². The highest BCUT2D eigenvalue weighted by Gasteiger charge is 2.24. The number of anilines is 1. The topological polar surface area (TPSA) is 28.6 Å². The molecule has 0 bridgehead atoms. The SMILES string of the molecule is Brc1ccc2nc(N3CCCC(CN4CCOCC4)C3)ccc2c1. The van der Waals surface area contributed by atoms with Gasteiger partial charge in [-0.05, 0) is 49.1 Å². The Morgan fingerprint density at radius 2 is 2.00 bits per heavy atom. The van der Waals surface area contributed by atoms with Crippen molar-refractivity contribution < 1.29 is 4.74 Å². The number of hydrogen-bond donors (Lipinski definition) is 0. The van der Waals surface area contributed by atoms with Crippen molar-refractivity contribution in [1.29, 1.82) is 0 Å². The Bertz CT molecular complexity index is 702. The molecule has 0 radical (unpaired) electrons. The van der Waals surface area contributed by atoms with Crippen LogP contribution in [0.5, 0.6) is 0 Å². The van der Waals surface area contributed by atoms with Crippen molar-refractivity contribution in [2.75, 3.05) is 50.8 Å². The molecule has 0 N–H and O–H groups in total. The van der Waals surface area contributed by atoms with Gasteiger partial charge in [-0.1, -0.05) is 15.9 Å². The number of nitrogens with zero attached hydrogens (tertiary/aromatic N) is 3. The van der Waals surface area contributed by atoms with Crippen LogP contribution in [0.2, 0.25) is 0 Å². The number of hydrogen-bond acceptors (Lipinski definition) is 4. The summed E-state index contributed by atoms with van der Waals surface area (Å²) in [5.74, 6) is 1.86. The summed E-state index contributed by atoms with van der Waals surface area (Å²) in [5, 5.41) is 1.19. The van der Waals surface area contributed by atoms with Crippen molar-refractivity contribution in [1.82, 2.24) is 9.88 Å². The van der Waals surface area contributed by atoms with Crippen molar-refractivity contribution in [3.05, 3.63) is 34.8 Å². The van der Waals surface area contributed by atoms with E-state index in [-0.39, 0.29) is 0 Å². The molecule has 24 heavy (non-hydrogen) atoms. The van der Waals surface area contributed by atoms with Gasteiger partial charge in [-0.3, -0.25) is 4.90 Å². The van der Waals surface area contributed by atoms with E-state index in [0.29, 0.717) is 0 Å². The van der Waals surface area contributed by atoms with Crippen molar-refractivity contribution in [3.63, 3.8) is 0 Å². The monoisotopic (exact) mass is 389 g/mol. The quantitative estimate of drug-likeness (QED) is 0.802. The van der Waals surface area contributed by atoms with Crippen molar-refractivity contribution in [2.24, 2.45) is 5.92 Å². The maximum absolute atomic E-state index is 5.46. The van der Waals surface area contributed by atoms with Gasteiger partial charge in [-0.15, -0.1) is 0 Å². The molecule has 2 fully saturated rings. The number of piperidine rings is 1. The third kappa shape index (κ3) is 3.73. The second-order valence-corrected chi connectivity index (χ2v) is 7.79. The first-order chi connectivity index (χ1) is 11.8. The van der Waals surface area contributed by atoms with Gasteiger partial charge in [0.05, 0.1) is 18.7 Å². The van der Waals surface area contributed by atoms with E-state index in [2.05, 4.69) is 56.1 Å². The highest BCUT2D eigenvalue weighted by Crippen LogP contribution is 2.26. The van der Waals surface area contributed by atoms with Crippen LogP contribution in [0.25, 0.3) is 10.9 Å². The summed E-state index contributed by atoms with van der Waals surface area (Å²) in [6, 6.07) is 10.7. The average Bonchev–Trinajstić information content (AvgIpc) is 2.62. The zero-order valence-corrected chi connectivity index (χ0v) is 15.5. The second-order valence-electron chi connectivity index (χ2n) is 6.87. The summed E-state index contributed by atoms with van der Waals surface area (Å²) in [6.45, 7) is 7.37. The molecule has 128 valence electrons. The standard InChI is InChI=1S/C19H24BrN3O/c20-17-4-5-18-16(12-17)3-6-19(21-18)23-7-1-2-15(14-23)13-22-8-10-24-11-9-22/h3-6,12,15H,1-2,7-11,13-14H2. The molecule has 0 saturated carbocycles. The predicted octanol–water partition coefficient (Wildman–Crippen LogP) is 3.55. The maximum atomic E-state index is 5.46. The summed E-state index contributed by atoms with van der Waals surface area (Å²) in [7, 11) is 0. The van der Waals surface area contributed by atoms with Crippen LogP contribution in [0.1, 0.15) is 12.8 Å². The first-order valence-corrected chi connectivity index (χ1v) is 9.68. The maximum Gasteiger partial charge on any atom is 0.129 e.